The van der Waals surface area contributed by atoms with Crippen molar-refractivity contribution in [3.8, 4) is 0 Å². The fourth-order valence-corrected chi connectivity index (χ4v) is 4.46. The molecule has 2 aliphatic carbocycles. The predicted molar refractivity (Wildman–Crippen MR) is 80.3 cm³/mol. The topological polar surface area (TPSA) is 29.1 Å². The first-order chi connectivity index (χ1) is 9.07. The highest BCUT2D eigenvalue weighted by atomic mass is 35.5. The molecule has 2 rings (SSSR count). The number of hydrogen-bond donors (Lipinski definition) is 1. The van der Waals surface area contributed by atoms with Crippen LogP contribution in [0.4, 0.5) is 0 Å². The van der Waals surface area contributed by atoms with Crippen LogP contribution in [0.5, 0.6) is 0 Å². The van der Waals surface area contributed by atoms with Gasteiger partial charge < -0.3 is 5.32 Å². The molecule has 19 heavy (non-hydrogen) atoms. The van der Waals surface area contributed by atoms with E-state index in [2.05, 4.69) is 19.2 Å². The van der Waals surface area contributed by atoms with Crippen molar-refractivity contribution in [2.24, 2.45) is 17.3 Å². The Morgan fingerprint density at radius 2 is 1.95 bits per heavy atom. The molecule has 110 valence electrons. The van der Waals surface area contributed by atoms with Gasteiger partial charge in [-0.1, -0.05) is 33.1 Å². The van der Waals surface area contributed by atoms with Gasteiger partial charge >= 0.3 is 0 Å². The van der Waals surface area contributed by atoms with Gasteiger partial charge in [0.2, 0.25) is 5.91 Å². The second-order valence-electron chi connectivity index (χ2n) is 7.01. The summed E-state index contributed by atoms with van der Waals surface area (Å²) in [5.41, 5.74) is -0.0758. The molecule has 1 amide bonds. The Labute approximate surface area is 122 Å². The van der Waals surface area contributed by atoms with Crippen LogP contribution in [0.1, 0.15) is 65.2 Å². The molecule has 2 fully saturated rings. The average Bonchev–Trinajstić information content (AvgIpc) is 2.98. The summed E-state index contributed by atoms with van der Waals surface area (Å²) in [4.78, 5) is 12.8. The zero-order chi connectivity index (χ0) is 13.9. The second kappa shape index (κ2) is 6.47. The lowest BCUT2D eigenvalue weighted by Crippen LogP contribution is -2.46. The molecule has 0 aromatic carbocycles. The van der Waals surface area contributed by atoms with Crippen LogP contribution >= 0.6 is 11.6 Å². The maximum Gasteiger partial charge on any atom is 0.226 e. The van der Waals surface area contributed by atoms with Crippen molar-refractivity contribution >= 4 is 17.5 Å². The molecule has 2 saturated carbocycles. The second-order valence-corrected chi connectivity index (χ2v) is 7.32. The van der Waals surface area contributed by atoms with Gasteiger partial charge in [0, 0.05) is 17.3 Å². The smallest absolute Gasteiger partial charge is 0.226 e. The average molecular weight is 286 g/mol. The van der Waals surface area contributed by atoms with Crippen molar-refractivity contribution in [2.45, 2.75) is 71.3 Å². The lowest BCUT2D eigenvalue weighted by molar-refractivity contribution is -0.132. The highest BCUT2D eigenvalue weighted by Gasteiger charge is 2.42. The van der Waals surface area contributed by atoms with Crippen LogP contribution in [0.2, 0.25) is 0 Å². The van der Waals surface area contributed by atoms with Gasteiger partial charge in [0.1, 0.15) is 0 Å². The molecule has 0 radical (unpaired) electrons. The molecule has 0 aliphatic heterocycles. The van der Waals surface area contributed by atoms with Crippen LogP contribution in [-0.2, 0) is 4.79 Å². The summed E-state index contributed by atoms with van der Waals surface area (Å²) in [5.74, 6) is 2.09. The largest absolute Gasteiger partial charge is 0.353 e. The summed E-state index contributed by atoms with van der Waals surface area (Å²) in [6.45, 7) is 4.45. The quantitative estimate of drug-likeness (QED) is 0.757. The van der Waals surface area contributed by atoms with Crippen molar-refractivity contribution in [3.63, 3.8) is 0 Å². The van der Waals surface area contributed by atoms with Crippen LogP contribution in [0.25, 0.3) is 0 Å². The number of hydrogen-bond acceptors (Lipinski definition) is 1. The molecule has 0 bridgehead atoms. The van der Waals surface area contributed by atoms with Crippen LogP contribution in [0, 0.1) is 17.3 Å². The van der Waals surface area contributed by atoms with Crippen molar-refractivity contribution in [1.29, 1.82) is 0 Å². The normalized spacial score (nSPS) is 29.9. The first-order valence-electron chi connectivity index (χ1n) is 7.94. The Balaban J connectivity index is 1.99. The summed E-state index contributed by atoms with van der Waals surface area (Å²) in [6.07, 6.45) is 9.11. The third kappa shape index (κ3) is 3.45. The zero-order valence-corrected chi connectivity index (χ0v) is 13.1. The molecular weight excluding hydrogens is 258 g/mol. The summed E-state index contributed by atoms with van der Waals surface area (Å²) in [7, 11) is 0. The number of alkyl halides is 1. The molecule has 3 heteroatoms. The van der Waals surface area contributed by atoms with Gasteiger partial charge in [-0.05, 0) is 43.9 Å². The monoisotopic (exact) mass is 285 g/mol. The van der Waals surface area contributed by atoms with Gasteiger partial charge in [-0.25, -0.2) is 0 Å². The molecular formula is C16H28ClNO. The number of nitrogens with one attached hydrogen (secondary N) is 1. The molecule has 1 N–H and O–H groups in total. The summed E-state index contributed by atoms with van der Waals surface area (Å²) < 4.78 is 0. The van der Waals surface area contributed by atoms with E-state index in [1.165, 1.54) is 25.7 Å². The van der Waals surface area contributed by atoms with Gasteiger partial charge in [-0.2, -0.15) is 0 Å². The molecule has 0 heterocycles. The summed E-state index contributed by atoms with van der Waals surface area (Å²) >= 11 is 6.01. The van der Waals surface area contributed by atoms with E-state index in [0.29, 0.717) is 29.7 Å². The van der Waals surface area contributed by atoms with Crippen molar-refractivity contribution < 1.29 is 4.79 Å². The van der Waals surface area contributed by atoms with E-state index in [-0.39, 0.29) is 5.41 Å². The van der Waals surface area contributed by atoms with E-state index in [4.69, 9.17) is 11.6 Å². The van der Waals surface area contributed by atoms with E-state index < -0.39 is 0 Å². The third-order valence-corrected chi connectivity index (χ3v) is 5.41. The van der Waals surface area contributed by atoms with Crippen molar-refractivity contribution in [2.75, 3.05) is 5.88 Å². The predicted octanol–water partition coefficient (Wildman–Crippen LogP) is 4.12. The minimum Gasteiger partial charge on any atom is -0.353 e. The standard InChI is InChI=1S/C16H28ClNO/c1-12(2)10-16(8-3-4-9-16)15(19)18-14-7-5-6-13(14)11-17/h12-14H,3-11H2,1-2H3,(H,18,19). The fraction of sp³-hybridized carbons (Fsp3) is 0.938. The minimum atomic E-state index is -0.0758. The van der Waals surface area contributed by atoms with Crippen LogP contribution in [0.15, 0.2) is 0 Å². The lowest BCUT2D eigenvalue weighted by Gasteiger charge is -2.32. The van der Waals surface area contributed by atoms with E-state index in [1.807, 2.05) is 0 Å². The number of amides is 1. The zero-order valence-electron chi connectivity index (χ0n) is 12.4. The molecule has 2 nitrogen and oxygen atoms in total. The summed E-state index contributed by atoms with van der Waals surface area (Å²) in [6, 6.07) is 0.328. The number of carbonyl (C=O) groups excluding carboxylic acids is 1. The molecule has 0 aromatic rings. The Morgan fingerprint density at radius 3 is 2.53 bits per heavy atom. The molecule has 0 spiro atoms. The van der Waals surface area contributed by atoms with E-state index in [1.54, 1.807) is 0 Å². The minimum absolute atomic E-state index is 0.0758. The van der Waals surface area contributed by atoms with E-state index >= 15 is 0 Å². The highest BCUT2D eigenvalue weighted by Crippen LogP contribution is 2.44. The highest BCUT2D eigenvalue weighted by molar-refractivity contribution is 6.18. The van der Waals surface area contributed by atoms with Crippen LogP contribution in [-0.4, -0.2) is 17.8 Å². The molecule has 2 atom stereocenters. The number of rotatable bonds is 5. The number of carbonyl (C=O) groups is 1. The molecule has 0 aromatic heterocycles. The third-order valence-electron chi connectivity index (χ3n) is 5.02. The van der Waals surface area contributed by atoms with Crippen LogP contribution in [0.3, 0.4) is 0 Å². The van der Waals surface area contributed by atoms with Crippen molar-refractivity contribution in [1.82, 2.24) is 5.32 Å². The SMILES string of the molecule is CC(C)CC1(C(=O)NC2CCCC2CCl)CCCC1. The van der Waals surface area contributed by atoms with Crippen molar-refractivity contribution in [3.05, 3.63) is 0 Å². The van der Waals surface area contributed by atoms with Crippen LogP contribution < -0.4 is 5.32 Å². The maximum absolute atomic E-state index is 12.8. The van der Waals surface area contributed by atoms with Gasteiger partial charge in [-0.15, -0.1) is 11.6 Å². The fourth-order valence-electron chi connectivity index (χ4n) is 4.09. The molecule has 0 saturated heterocycles. The number of halogens is 1. The maximum atomic E-state index is 12.8. The Bertz CT molecular complexity index is 310. The summed E-state index contributed by atoms with van der Waals surface area (Å²) in [5, 5.41) is 3.34. The van der Waals surface area contributed by atoms with E-state index in [0.717, 1.165) is 25.7 Å². The Kier molecular flexibility index (Phi) is 5.16. The first kappa shape index (κ1) is 15.2. The van der Waals surface area contributed by atoms with Gasteiger partial charge in [0.25, 0.3) is 0 Å². The van der Waals surface area contributed by atoms with E-state index in [9.17, 15) is 4.79 Å². The Morgan fingerprint density at radius 1 is 1.26 bits per heavy atom. The first-order valence-corrected chi connectivity index (χ1v) is 8.48. The Hall–Kier alpha value is -0.240. The lowest BCUT2D eigenvalue weighted by atomic mass is 9.77. The van der Waals surface area contributed by atoms with Gasteiger partial charge in [0.05, 0.1) is 0 Å². The van der Waals surface area contributed by atoms with Gasteiger partial charge in [0.15, 0.2) is 0 Å². The molecule has 2 unspecified atom stereocenters. The van der Waals surface area contributed by atoms with Gasteiger partial charge in [-0.3, -0.25) is 4.79 Å². The molecule has 2 aliphatic rings.